The largest absolute Gasteiger partial charge is 0.497 e. The first-order chi connectivity index (χ1) is 6.66. The molecule has 0 aromatic carbocycles. The molecule has 1 amide bonds. The number of allylic oxidation sites excluding steroid dienone is 1. The van der Waals surface area contributed by atoms with Gasteiger partial charge in [0.15, 0.2) is 5.78 Å². The van der Waals surface area contributed by atoms with E-state index in [9.17, 15) is 9.59 Å². The molecule has 0 aromatic rings. The summed E-state index contributed by atoms with van der Waals surface area (Å²) in [7, 11) is 1.51. The number of rotatable bonds is 1. The predicted octanol–water partition coefficient (Wildman–Crippen LogP) is 0.304. The van der Waals surface area contributed by atoms with Crippen molar-refractivity contribution in [2.45, 2.75) is 18.4 Å². The van der Waals surface area contributed by atoms with Gasteiger partial charge in [-0.15, -0.1) is 0 Å². The van der Waals surface area contributed by atoms with Crippen molar-refractivity contribution in [3.05, 3.63) is 24.0 Å². The third-order valence-corrected chi connectivity index (χ3v) is 2.59. The van der Waals surface area contributed by atoms with Crippen molar-refractivity contribution >= 4 is 11.7 Å². The maximum absolute atomic E-state index is 11.7. The summed E-state index contributed by atoms with van der Waals surface area (Å²) in [6.07, 6.45) is 5.79. The summed E-state index contributed by atoms with van der Waals surface area (Å²) in [5.74, 6) is 0.349. The molecule has 4 nitrogen and oxygen atoms in total. The van der Waals surface area contributed by atoms with Crippen LogP contribution in [0.25, 0.3) is 0 Å². The average molecular weight is 193 g/mol. The first-order valence-corrected chi connectivity index (χ1v) is 4.47. The Bertz CT molecular complexity index is 356. The summed E-state index contributed by atoms with van der Waals surface area (Å²) in [4.78, 5) is 22.8. The number of nitrogens with one attached hydrogen (secondary N) is 1. The van der Waals surface area contributed by atoms with Gasteiger partial charge in [-0.2, -0.15) is 0 Å². The average Bonchev–Trinajstić information content (AvgIpc) is 2.54. The molecule has 1 atom stereocenters. The van der Waals surface area contributed by atoms with E-state index >= 15 is 0 Å². The van der Waals surface area contributed by atoms with Crippen LogP contribution in [0.1, 0.15) is 12.8 Å². The Balaban J connectivity index is 2.26. The van der Waals surface area contributed by atoms with E-state index in [-0.39, 0.29) is 11.7 Å². The van der Waals surface area contributed by atoms with E-state index in [4.69, 9.17) is 4.74 Å². The van der Waals surface area contributed by atoms with Crippen LogP contribution >= 0.6 is 0 Å². The van der Waals surface area contributed by atoms with Crippen LogP contribution in [0.4, 0.5) is 0 Å². The van der Waals surface area contributed by atoms with Gasteiger partial charge in [0.2, 0.25) is 5.91 Å². The summed E-state index contributed by atoms with van der Waals surface area (Å²) >= 11 is 0. The molecule has 1 saturated heterocycles. The molecule has 1 aliphatic carbocycles. The minimum Gasteiger partial charge on any atom is -0.497 e. The molecule has 0 radical (unpaired) electrons. The van der Waals surface area contributed by atoms with Crippen LogP contribution in [0.2, 0.25) is 0 Å². The topological polar surface area (TPSA) is 55.4 Å². The minimum atomic E-state index is -0.793. The van der Waals surface area contributed by atoms with Crippen LogP contribution in [0.3, 0.4) is 0 Å². The number of methoxy groups -OCH3 is 1. The Labute approximate surface area is 81.6 Å². The van der Waals surface area contributed by atoms with E-state index in [0.29, 0.717) is 18.6 Å². The van der Waals surface area contributed by atoms with Crippen molar-refractivity contribution in [2.24, 2.45) is 0 Å². The van der Waals surface area contributed by atoms with E-state index in [2.05, 4.69) is 5.32 Å². The van der Waals surface area contributed by atoms with Crippen LogP contribution < -0.4 is 5.32 Å². The normalized spacial score (nSPS) is 30.5. The van der Waals surface area contributed by atoms with Crippen LogP contribution in [0.15, 0.2) is 24.0 Å². The second-order valence-corrected chi connectivity index (χ2v) is 3.47. The Kier molecular flexibility index (Phi) is 1.91. The maximum Gasteiger partial charge on any atom is 0.221 e. The predicted molar refractivity (Wildman–Crippen MR) is 49.3 cm³/mol. The zero-order valence-corrected chi connectivity index (χ0v) is 7.87. The summed E-state index contributed by atoms with van der Waals surface area (Å²) in [5, 5.41) is 2.69. The van der Waals surface area contributed by atoms with E-state index in [0.717, 1.165) is 0 Å². The minimum absolute atomic E-state index is 0.0720. The molecule has 74 valence electrons. The van der Waals surface area contributed by atoms with E-state index < -0.39 is 5.54 Å². The van der Waals surface area contributed by atoms with Gasteiger partial charge in [0.05, 0.1) is 7.11 Å². The maximum atomic E-state index is 11.7. The zero-order valence-electron chi connectivity index (χ0n) is 7.87. The van der Waals surface area contributed by atoms with Crippen LogP contribution in [0.5, 0.6) is 0 Å². The van der Waals surface area contributed by atoms with Crippen molar-refractivity contribution in [2.75, 3.05) is 7.11 Å². The number of ketones is 1. The van der Waals surface area contributed by atoms with Crippen molar-refractivity contribution in [1.82, 2.24) is 5.32 Å². The summed E-state index contributed by atoms with van der Waals surface area (Å²) in [5.41, 5.74) is -0.793. The highest BCUT2D eigenvalue weighted by Crippen LogP contribution is 2.27. The number of carbonyl (C=O) groups is 2. The molecule has 0 aromatic heterocycles. The molecule has 1 unspecified atom stereocenters. The monoisotopic (exact) mass is 193 g/mol. The SMILES string of the molecule is COC1=CC(=O)C2(C=C1)CCC(=O)N2. The van der Waals surface area contributed by atoms with E-state index in [1.807, 2.05) is 0 Å². The highest BCUT2D eigenvalue weighted by Gasteiger charge is 2.42. The summed E-state index contributed by atoms with van der Waals surface area (Å²) in [6.45, 7) is 0. The number of hydrogen-bond donors (Lipinski definition) is 1. The lowest BCUT2D eigenvalue weighted by atomic mass is 9.88. The second-order valence-electron chi connectivity index (χ2n) is 3.47. The van der Waals surface area contributed by atoms with E-state index in [1.54, 1.807) is 12.2 Å². The molecule has 1 N–H and O–H groups in total. The lowest BCUT2D eigenvalue weighted by molar-refractivity contribution is -0.124. The highest BCUT2D eigenvalue weighted by molar-refractivity contribution is 6.05. The van der Waals surface area contributed by atoms with Crippen molar-refractivity contribution < 1.29 is 14.3 Å². The Hall–Kier alpha value is -1.58. The Morgan fingerprint density at radius 3 is 2.79 bits per heavy atom. The lowest BCUT2D eigenvalue weighted by Crippen LogP contribution is -2.47. The summed E-state index contributed by atoms with van der Waals surface area (Å²) in [6, 6.07) is 0. The van der Waals surface area contributed by atoms with Crippen LogP contribution in [-0.4, -0.2) is 24.3 Å². The molecule has 0 saturated carbocycles. The molecule has 1 aliphatic heterocycles. The van der Waals surface area contributed by atoms with Crippen LogP contribution in [0, 0.1) is 0 Å². The molecular formula is C10H11NO3. The van der Waals surface area contributed by atoms with Gasteiger partial charge in [0.25, 0.3) is 0 Å². The Morgan fingerprint density at radius 1 is 1.50 bits per heavy atom. The van der Waals surface area contributed by atoms with Gasteiger partial charge in [0, 0.05) is 12.5 Å². The molecule has 2 aliphatic rings. The fourth-order valence-electron chi connectivity index (χ4n) is 1.73. The molecule has 14 heavy (non-hydrogen) atoms. The number of hydrogen-bond acceptors (Lipinski definition) is 3. The van der Waals surface area contributed by atoms with Gasteiger partial charge in [0.1, 0.15) is 11.3 Å². The molecular weight excluding hydrogens is 182 g/mol. The zero-order chi connectivity index (χ0) is 10.2. The van der Waals surface area contributed by atoms with Crippen molar-refractivity contribution in [3.8, 4) is 0 Å². The first-order valence-electron chi connectivity index (χ1n) is 4.47. The summed E-state index contributed by atoms with van der Waals surface area (Å²) < 4.78 is 4.93. The second kappa shape index (κ2) is 2.97. The first kappa shape index (κ1) is 8.99. The number of amides is 1. The number of carbonyl (C=O) groups excluding carboxylic acids is 2. The molecule has 4 heteroatoms. The smallest absolute Gasteiger partial charge is 0.221 e. The van der Waals surface area contributed by atoms with Crippen LogP contribution in [-0.2, 0) is 14.3 Å². The molecule has 2 rings (SSSR count). The Morgan fingerprint density at radius 2 is 2.29 bits per heavy atom. The number of ether oxygens (including phenoxy) is 1. The molecule has 1 spiro atoms. The van der Waals surface area contributed by atoms with Crippen molar-refractivity contribution in [3.63, 3.8) is 0 Å². The van der Waals surface area contributed by atoms with Gasteiger partial charge in [-0.05, 0) is 18.6 Å². The van der Waals surface area contributed by atoms with Gasteiger partial charge in [-0.25, -0.2) is 0 Å². The fraction of sp³-hybridized carbons (Fsp3) is 0.400. The fourth-order valence-corrected chi connectivity index (χ4v) is 1.73. The van der Waals surface area contributed by atoms with Gasteiger partial charge >= 0.3 is 0 Å². The molecule has 0 bridgehead atoms. The third-order valence-electron chi connectivity index (χ3n) is 2.59. The van der Waals surface area contributed by atoms with Gasteiger partial charge in [-0.3, -0.25) is 9.59 Å². The quantitative estimate of drug-likeness (QED) is 0.651. The van der Waals surface area contributed by atoms with E-state index in [1.165, 1.54) is 13.2 Å². The molecule has 1 heterocycles. The standard InChI is InChI=1S/C10H11NO3/c1-14-7-2-4-10(8(12)6-7)5-3-9(13)11-10/h2,4,6H,3,5H2,1H3,(H,11,13). The highest BCUT2D eigenvalue weighted by atomic mass is 16.5. The lowest BCUT2D eigenvalue weighted by Gasteiger charge is -2.25. The van der Waals surface area contributed by atoms with Gasteiger partial charge < -0.3 is 10.1 Å². The van der Waals surface area contributed by atoms with Gasteiger partial charge in [-0.1, -0.05) is 0 Å². The third kappa shape index (κ3) is 1.23. The molecule has 1 fully saturated rings. The van der Waals surface area contributed by atoms with Crippen molar-refractivity contribution in [1.29, 1.82) is 0 Å².